The number of ether oxygens (including phenoxy) is 2. The predicted molar refractivity (Wildman–Crippen MR) is 178 cm³/mol. The van der Waals surface area contributed by atoms with Crippen LogP contribution in [0.5, 0.6) is 5.75 Å². The molecule has 2 aromatic carbocycles. The van der Waals surface area contributed by atoms with Crippen molar-refractivity contribution in [1.29, 1.82) is 0 Å². The average molecular weight is 702 g/mol. The molecule has 3 amide bonds. The lowest BCUT2D eigenvalue weighted by Crippen LogP contribution is -2.57. The van der Waals surface area contributed by atoms with Crippen LogP contribution in [0.2, 0.25) is 0 Å². The second kappa shape index (κ2) is 13.8. The number of amides is 3. The summed E-state index contributed by atoms with van der Waals surface area (Å²) in [5.41, 5.74) is -0.346. The van der Waals surface area contributed by atoms with E-state index in [0.29, 0.717) is 57.3 Å². The summed E-state index contributed by atoms with van der Waals surface area (Å²) in [6.07, 6.45) is 3.18. The number of nitrogens with zero attached hydrogens (tertiary/aromatic N) is 4. The van der Waals surface area contributed by atoms with Gasteiger partial charge >= 0.3 is 6.09 Å². The molecule has 0 bridgehead atoms. The van der Waals surface area contributed by atoms with E-state index in [-0.39, 0.29) is 29.9 Å². The Kier molecular flexibility index (Phi) is 10.2. The maximum Gasteiger partial charge on any atom is 0.410 e. The summed E-state index contributed by atoms with van der Waals surface area (Å²) in [7, 11) is 0. The number of carbonyl (C=O) groups excluding carboxylic acids is 3. The van der Waals surface area contributed by atoms with Gasteiger partial charge in [-0.15, -0.1) is 0 Å². The molecule has 2 heterocycles. The maximum absolute atomic E-state index is 15.3. The van der Waals surface area contributed by atoms with E-state index in [1.165, 1.54) is 12.1 Å². The van der Waals surface area contributed by atoms with Crippen molar-refractivity contribution in [3.63, 3.8) is 0 Å². The van der Waals surface area contributed by atoms with Crippen LogP contribution in [0, 0.1) is 11.7 Å². The van der Waals surface area contributed by atoms with Crippen molar-refractivity contribution in [1.82, 2.24) is 14.7 Å². The largest absolute Gasteiger partial charge is 0.478 e. The van der Waals surface area contributed by atoms with E-state index in [1.54, 1.807) is 29.7 Å². The van der Waals surface area contributed by atoms with Gasteiger partial charge < -0.3 is 29.1 Å². The van der Waals surface area contributed by atoms with Crippen LogP contribution in [0.25, 0.3) is 0 Å². The van der Waals surface area contributed by atoms with Gasteiger partial charge in [-0.1, -0.05) is 28.1 Å². The van der Waals surface area contributed by atoms with Crippen molar-refractivity contribution >= 4 is 39.5 Å². The maximum atomic E-state index is 15.3. The Morgan fingerprint density at radius 3 is 2.20 bits per heavy atom. The Labute approximate surface area is 280 Å². The number of piperazine rings is 1. The van der Waals surface area contributed by atoms with Crippen molar-refractivity contribution in [3.8, 4) is 5.75 Å². The molecule has 3 aliphatic rings. The number of benzene rings is 2. The Balaban J connectivity index is 1.21. The van der Waals surface area contributed by atoms with Crippen LogP contribution in [0.4, 0.5) is 14.9 Å². The van der Waals surface area contributed by atoms with E-state index in [2.05, 4.69) is 15.9 Å². The molecule has 11 heteroatoms. The molecule has 9 nitrogen and oxygen atoms in total. The first-order valence-electron chi connectivity index (χ1n) is 16.3. The molecule has 0 radical (unpaired) electrons. The number of carbonyl (C=O) groups is 3. The minimum atomic E-state index is -1.22. The predicted octanol–water partition coefficient (Wildman–Crippen LogP) is 6.23. The van der Waals surface area contributed by atoms with Crippen molar-refractivity contribution in [2.45, 2.75) is 84.1 Å². The second-order valence-electron chi connectivity index (χ2n) is 14.1. The highest BCUT2D eigenvalue weighted by atomic mass is 79.9. The third-order valence-electron chi connectivity index (χ3n) is 8.67. The molecule has 1 aliphatic carbocycles. The quantitative estimate of drug-likeness (QED) is 0.325. The molecular formula is C35H46BrFN4O5. The Bertz CT molecular complexity index is 1420. The number of anilines is 1. The van der Waals surface area contributed by atoms with E-state index in [4.69, 9.17) is 9.47 Å². The highest BCUT2D eigenvalue weighted by Gasteiger charge is 2.39. The van der Waals surface area contributed by atoms with Gasteiger partial charge in [-0.3, -0.25) is 9.59 Å². The van der Waals surface area contributed by atoms with Gasteiger partial charge in [-0.25, -0.2) is 9.18 Å². The second-order valence-corrected chi connectivity index (χ2v) is 15.0. The molecule has 2 aromatic rings. The summed E-state index contributed by atoms with van der Waals surface area (Å²) >= 11 is 3.48. The summed E-state index contributed by atoms with van der Waals surface area (Å²) in [6.45, 7) is 12.0. The van der Waals surface area contributed by atoms with Crippen LogP contribution in [0.15, 0.2) is 46.9 Å². The Morgan fingerprint density at radius 1 is 0.913 bits per heavy atom. The summed E-state index contributed by atoms with van der Waals surface area (Å²) < 4.78 is 27.9. The first kappa shape index (κ1) is 34.0. The third-order valence-corrected chi connectivity index (χ3v) is 9.20. The van der Waals surface area contributed by atoms with Gasteiger partial charge in [0.25, 0.3) is 5.91 Å². The van der Waals surface area contributed by atoms with Crippen LogP contribution in [0.3, 0.4) is 0 Å². The zero-order chi connectivity index (χ0) is 33.2. The number of hydrogen-bond acceptors (Lipinski definition) is 6. The monoisotopic (exact) mass is 700 g/mol. The lowest BCUT2D eigenvalue weighted by Gasteiger charge is -2.39. The molecule has 5 rings (SSSR count). The van der Waals surface area contributed by atoms with Gasteiger partial charge in [0.1, 0.15) is 17.2 Å². The molecule has 2 aliphatic heterocycles. The van der Waals surface area contributed by atoms with Crippen LogP contribution < -0.4 is 9.64 Å². The van der Waals surface area contributed by atoms with Gasteiger partial charge in [-0.05, 0) is 90.1 Å². The summed E-state index contributed by atoms with van der Waals surface area (Å²) in [6, 6.07) is 12.9. The fraction of sp³-hybridized carbons (Fsp3) is 0.571. The van der Waals surface area contributed by atoms with Crippen molar-refractivity contribution in [2.75, 3.05) is 44.2 Å². The van der Waals surface area contributed by atoms with Gasteiger partial charge in [0.05, 0.1) is 11.6 Å². The number of rotatable bonds is 8. The highest BCUT2D eigenvalue weighted by Crippen LogP contribution is 2.35. The lowest BCUT2D eigenvalue weighted by atomic mass is 9.95. The molecule has 250 valence electrons. The van der Waals surface area contributed by atoms with Crippen molar-refractivity contribution < 1.29 is 28.2 Å². The number of piperidine rings is 1. The minimum absolute atomic E-state index is 0.126. The molecule has 1 atom stereocenters. The van der Waals surface area contributed by atoms with Crippen LogP contribution in [0.1, 0.15) is 65.9 Å². The Morgan fingerprint density at radius 2 is 1.57 bits per heavy atom. The van der Waals surface area contributed by atoms with E-state index in [9.17, 15) is 14.4 Å². The number of hydrogen-bond donors (Lipinski definition) is 0. The van der Waals surface area contributed by atoms with Gasteiger partial charge in [0.15, 0.2) is 5.60 Å². The van der Waals surface area contributed by atoms with E-state index < -0.39 is 17.0 Å². The third kappa shape index (κ3) is 8.52. The van der Waals surface area contributed by atoms with Gasteiger partial charge in [0.2, 0.25) is 5.91 Å². The summed E-state index contributed by atoms with van der Waals surface area (Å²) in [5.74, 6) is -0.327. The Hall–Kier alpha value is -3.34. The van der Waals surface area contributed by atoms with Gasteiger partial charge in [0, 0.05) is 62.4 Å². The molecule has 1 saturated carbocycles. The standard InChI is InChI=1S/C35H46BrFN4O5/c1-34(2,3)46-33(44)39-19-17-38(18-20-39)32(43)35(4,5)45-28-14-15-29(37)30(21-28)40-16-6-7-25(23-40)31(42)41(27-12-13-27)22-24-8-10-26(36)11-9-24/h8-11,14-15,21,25,27H,6-7,12-13,16-20,22-23H2,1-5H3/t25-/m1/s1. The molecule has 3 fully saturated rings. The lowest BCUT2D eigenvalue weighted by molar-refractivity contribution is -0.147. The smallest absolute Gasteiger partial charge is 0.410 e. The first-order chi connectivity index (χ1) is 21.7. The highest BCUT2D eigenvalue weighted by molar-refractivity contribution is 9.10. The fourth-order valence-corrected chi connectivity index (χ4v) is 6.39. The molecule has 0 N–H and O–H groups in total. The first-order valence-corrected chi connectivity index (χ1v) is 17.1. The van der Waals surface area contributed by atoms with Crippen LogP contribution in [-0.2, 0) is 20.9 Å². The van der Waals surface area contributed by atoms with Crippen LogP contribution >= 0.6 is 15.9 Å². The van der Waals surface area contributed by atoms with E-state index in [0.717, 1.165) is 35.7 Å². The summed E-state index contributed by atoms with van der Waals surface area (Å²) in [5, 5.41) is 0. The minimum Gasteiger partial charge on any atom is -0.478 e. The molecular weight excluding hydrogens is 655 g/mol. The molecule has 2 saturated heterocycles. The SMILES string of the molecule is CC(C)(C)OC(=O)N1CCN(C(=O)C(C)(C)Oc2ccc(F)c(N3CCC[C@@H](C(=O)N(Cc4ccc(Br)cc4)C4CC4)C3)c2)CC1. The average Bonchev–Trinajstić information content (AvgIpc) is 3.86. The molecule has 46 heavy (non-hydrogen) atoms. The summed E-state index contributed by atoms with van der Waals surface area (Å²) in [4.78, 5) is 47.0. The van der Waals surface area contributed by atoms with Crippen molar-refractivity contribution in [3.05, 3.63) is 58.3 Å². The van der Waals surface area contributed by atoms with E-state index >= 15 is 4.39 Å². The zero-order valence-corrected chi connectivity index (χ0v) is 29.1. The zero-order valence-electron chi connectivity index (χ0n) is 27.6. The molecule has 0 unspecified atom stereocenters. The fourth-order valence-electron chi connectivity index (χ4n) is 6.13. The van der Waals surface area contributed by atoms with Crippen molar-refractivity contribution in [2.24, 2.45) is 5.92 Å². The van der Waals surface area contributed by atoms with Gasteiger partial charge in [-0.2, -0.15) is 0 Å². The molecule has 0 spiro atoms. The normalized spacial score (nSPS) is 19.1. The van der Waals surface area contributed by atoms with Crippen LogP contribution in [-0.4, -0.2) is 89.1 Å². The number of halogens is 2. The topological polar surface area (TPSA) is 82.6 Å². The molecule has 0 aromatic heterocycles. The van der Waals surface area contributed by atoms with E-state index in [1.807, 2.05) is 54.8 Å².